The molecule has 6 aliphatic rings. The Labute approximate surface area is 260 Å². The van der Waals surface area contributed by atoms with Gasteiger partial charge in [-0.3, -0.25) is 4.90 Å². The van der Waals surface area contributed by atoms with Crippen LogP contribution >= 0.6 is 0 Å². The highest BCUT2D eigenvalue weighted by Crippen LogP contribution is 2.66. The van der Waals surface area contributed by atoms with Crippen LogP contribution in [-0.4, -0.2) is 73.5 Å². The van der Waals surface area contributed by atoms with Crippen LogP contribution in [0.15, 0.2) is 35.4 Å². The van der Waals surface area contributed by atoms with Crippen LogP contribution in [-0.2, 0) is 0 Å². The van der Waals surface area contributed by atoms with Crippen LogP contribution in [0.5, 0.6) is 11.5 Å². The second-order valence-electron chi connectivity index (χ2n) is 15.4. The van der Waals surface area contributed by atoms with Crippen molar-refractivity contribution in [2.75, 3.05) is 46.4 Å². The Hall–Kier alpha value is -1.82. The highest BCUT2D eigenvalue weighted by Gasteiger charge is 2.59. The molecule has 7 rings (SSSR count). The van der Waals surface area contributed by atoms with Gasteiger partial charge in [-0.15, -0.1) is 0 Å². The van der Waals surface area contributed by atoms with Gasteiger partial charge in [0.15, 0.2) is 11.5 Å². The zero-order valence-electron chi connectivity index (χ0n) is 27.2. The summed E-state index contributed by atoms with van der Waals surface area (Å²) in [6.07, 6.45) is 20.0. The first-order valence-electron chi connectivity index (χ1n) is 17.7. The molecule has 4 aliphatic carbocycles. The topological polar surface area (TPSA) is 45.2 Å². The van der Waals surface area contributed by atoms with Gasteiger partial charge in [0.05, 0.1) is 13.2 Å². The van der Waals surface area contributed by atoms with E-state index >= 15 is 0 Å². The van der Waals surface area contributed by atoms with E-state index in [1.165, 1.54) is 96.0 Å². The second kappa shape index (κ2) is 12.2. The third-order valence-corrected chi connectivity index (χ3v) is 13.3. The van der Waals surface area contributed by atoms with Gasteiger partial charge in [-0.05, 0) is 143 Å². The predicted molar refractivity (Wildman–Crippen MR) is 174 cm³/mol. The Morgan fingerprint density at radius 1 is 0.930 bits per heavy atom. The molecule has 5 heteroatoms. The van der Waals surface area contributed by atoms with Crippen molar-refractivity contribution in [1.82, 2.24) is 9.80 Å². The number of hydrogen-bond acceptors (Lipinski definition) is 5. The SMILES string of the molecule is COc1cc(/C=C2/C[C@H]3[C@@H]4CC=C5C[C@@H](N6CCCC6)CC[C@]5(C)[C@H]4CC[C@]3(C)[C@H]2O)ccc1OCCN1CCCCC1. The maximum atomic E-state index is 11.8. The molecule has 0 amide bonds. The average Bonchev–Trinajstić information content (AvgIpc) is 3.65. The number of likely N-dealkylation sites (tertiary alicyclic amines) is 2. The molecule has 2 saturated heterocycles. The number of allylic oxidation sites excluding steroid dienone is 1. The normalized spacial score (nSPS) is 39.2. The predicted octanol–water partition coefficient (Wildman–Crippen LogP) is 7.34. The van der Waals surface area contributed by atoms with Crippen molar-refractivity contribution in [3.05, 3.63) is 41.0 Å². The first-order chi connectivity index (χ1) is 20.9. The fraction of sp³-hybridized carbons (Fsp3) is 0.737. The zero-order valence-corrected chi connectivity index (χ0v) is 27.2. The molecular formula is C38H56N2O3. The molecule has 0 unspecified atom stereocenters. The van der Waals surface area contributed by atoms with Crippen molar-refractivity contribution in [2.45, 2.75) is 103 Å². The number of benzene rings is 1. The van der Waals surface area contributed by atoms with Gasteiger partial charge in [0.25, 0.3) is 0 Å². The van der Waals surface area contributed by atoms with E-state index < -0.39 is 0 Å². The summed E-state index contributed by atoms with van der Waals surface area (Å²) in [5.41, 5.74) is 4.43. The van der Waals surface area contributed by atoms with Crippen LogP contribution in [0.3, 0.4) is 0 Å². The van der Waals surface area contributed by atoms with Crippen molar-refractivity contribution in [3.8, 4) is 11.5 Å². The highest BCUT2D eigenvalue weighted by molar-refractivity contribution is 5.60. The Morgan fingerprint density at radius 3 is 2.51 bits per heavy atom. The third-order valence-electron chi connectivity index (χ3n) is 13.3. The second-order valence-corrected chi connectivity index (χ2v) is 15.4. The van der Waals surface area contributed by atoms with Gasteiger partial charge in [0.1, 0.15) is 6.61 Å². The average molecular weight is 589 g/mol. The summed E-state index contributed by atoms with van der Waals surface area (Å²) in [7, 11) is 1.73. The minimum atomic E-state index is -0.367. The van der Waals surface area contributed by atoms with Crippen LogP contribution < -0.4 is 9.47 Å². The number of methoxy groups -OCH3 is 1. The zero-order chi connectivity index (χ0) is 29.6. The number of rotatable bonds is 7. The van der Waals surface area contributed by atoms with Crippen LogP contribution in [0.1, 0.15) is 96.5 Å². The number of aliphatic hydroxyl groups excluding tert-OH is 1. The Kier molecular flexibility index (Phi) is 8.46. The van der Waals surface area contributed by atoms with E-state index in [9.17, 15) is 5.11 Å². The minimum Gasteiger partial charge on any atom is -0.493 e. The minimum absolute atomic E-state index is 0.0248. The summed E-state index contributed by atoms with van der Waals surface area (Å²) < 4.78 is 11.9. The molecule has 5 nitrogen and oxygen atoms in total. The number of ether oxygens (including phenoxy) is 2. The molecule has 7 atom stereocenters. The highest BCUT2D eigenvalue weighted by atomic mass is 16.5. The Bertz CT molecular complexity index is 1210. The quantitative estimate of drug-likeness (QED) is 0.338. The maximum absolute atomic E-state index is 11.8. The number of aliphatic hydroxyl groups is 1. The molecule has 1 aromatic carbocycles. The van der Waals surface area contributed by atoms with Crippen molar-refractivity contribution < 1.29 is 14.6 Å². The third kappa shape index (κ3) is 5.50. The number of fused-ring (bicyclic) bond motifs is 5. The smallest absolute Gasteiger partial charge is 0.161 e. The monoisotopic (exact) mass is 588 g/mol. The lowest BCUT2D eigenvalue weighted by atomic mass is 9.48. The van der Waals surface area contributed by atoms with Crippen molar-refractivity contribution >= 4 is 6.08 Å². The molecule has 2 heterocycles. The lowest BCUT2D eigenvalue weighted by molar-refractivity contribution is -0.0662. The maximum Gasteiger partial charge on any atom is 0.161 e. The van der Waals surface area contributed by atoms with E-state index in [4.69, 9.17) is 9.47 Å². The first-order valence-corrected chi connectivity index (χ1v) is 17.7. The number of nitrogens with zero attached hydrogens (tertiary/aromatic N) is 2. The molecule has 0 spiro atoms. The lowest BCUT2D eigenvalue weighted by Gasteiger charge is -2.58. The van der Waals surface area contributed by atoms with Gasteiger partial charge in [0, 0.05) is 18.0 Å². The van der Waals surface area contributed by atoms with E-state index in [0.29, 0.717) is 23.9 Å². The molecule has 43 heavy (non-hydrogen) atoms. The molecule has 3 saturated carbocycles. The molecule has 5 fully saturated rings. The molecule has 236 valence electrons. The van der Waals surface area contributed by atoms with Crippen molar-refractivity contribution in [3.63, 3.8) is 0 Å². The van der Waals surface area contributed by atoms with Gasteiger partial charge in [-0.25, -0.2) is 0 Å². The van der Waals surface area contributed by atoms with E-state index in [0.717, 1.165) is 48.4 Å². The van der Waals surface area contributed by atoms with Crippen LogP contribution in [0.4, 0.5) is 0 Å². The largest absolute Gasteiger partial charge is 0.493 e. The van der Waals surface area contributed by atoms with Crippen molar-refractivity contribution in [2.24, 2.45) is 28.6 Å². The lowest BCUT2D eigenvalue weighted by Crippen LogP contribution is -2.52. The van der Waals surface area contributed by atoms with E-state index in [2.05, 4.69) is 54.0 Å². The molecule has 1 N–H and O–H groups in total. The summed E-state index contributed by atoms with van der Waals surface area (Å²) in [5.74, 6) is 3.60. The Balaban J connectivity index is 1.05. The standard InChI is InChI=1S/C38H56N2O3/c1-37-15-13-30(40-19-7-8-20-40)26-29(37)10-11-31-32(37)14-16-38(2)33(31)25-28(36(38)41)23-27-9-12-34(35(24-27)42-3)43-22-21-39-17-5-4-6-18-39/h9-10,12,23-24,30-33,36,41H,4-8,11,13-22,25-26H2,1-3H3/b28-23-/t30-,31+,32-,33-,36-,37-,38-/m0/s1. The molecule has 1 aromatic rings. The van der Waals surface area contributed by atoms with Crippen LogP contribution in [0.25, 0.3) is 6.08 Å². The Morgan fingerprint density at radius 2 is 1.72 bits per heavy atom. The number of piperidine rings is 1. The van der Waals surface area contributed by atoms with Gasteiger partial charge in [-0.2, -0.15) is 0 Å². The van der Waals surface area contributed by atoms with Crippen LogP contribution in [0.2, 0.25) is 0 Å². The van der Waals surface area contributed by atoms with Gasteiger partial charge >= 0.3 is 0 Å². The summed E-state index contributed by atoms with van der Waals surface area (Å²) in [4.78, 5) is 5.29. The molecule has 0 radical (unpaired) electrons. The summed E-state index contributed by atoms with van der Waals surface area (Å²) in [6, 6.07) is 7.07. The van der Waals surface area contributed by atoms with E-state index in [-0.39, 0.29) is 11.5 Å². The number of hydrogen-bond donors (Lipinski definition) is 1. The molecule has 2 aliphatic heterocycles. The van der Waals surface area contributed by atoms with E-state index in [1.54, 1.807) is 12.7 Å². The fourth-order valence-electron chi connectivity index (χ4n) is 10.6. The molecule has 0 aromatic heterocycles. The fourth-order valence-corrected chi connectivity index (χ4v) is 10.6. The van der Waals surface area contributed by atoms with E-state index in [1.807, 2.05) is 0 Å². The summed E-state index contributed by atoms with van der Waals surface area (Å²) in [5, 5.41) is 11.8. The summed E-state index contributed by atoms with van der Waals surface area (Å²) in [6.45, 7) is 11.7. The van der Waals surface area contributed by atoms with Gasteiger partial charge in [-0.1, -0.05) is 44.1 Å². The van der Waals surface area contributed by atoms with Gasteiger partial charge < -0.3 is 19.5 Å². The molecule has 0 bridgehead atoms. The first kappa shape index (κ1) is 29.9. The van der Waals surface area contributed by atoms with Crippen molar-refractivity contribution in [1.29, 1.82) is 0 Å². The summed E-state index contributed by atoms with van der Waals surface area (Å²) >= 11 is 0. The van der Waals surface area contributed by atoms with Gasteiger partial charge in [0.2, 0.25) is 0 Å². The van der Waals surface area contributed by atoms with Crippen LogP contribution in [0, 0.1) is 28.6 Å². The molecular weight excluding hydrogens is 532 g/mol.